The number of aromatic nitrogens is 2. The molecule has 14 nitrogen and oxygen atoms in total. The maximum Gasteiger partial charge on any atom is 0.407 e. The Balaban J connectivity index is 0.851. The lowest BCUT2D eigenvalue weighted by Crippen LogP contribution is -2.56. The maximum absolute atomic E-state index is 16.5. The summed E-state index contributed by atoms with van der Waals surface area (Å²) in [4.78, 5) is 62.8. The molecule has 4 aliphatic heterocycles. The quantitative estimate of drug-likeness (QED) is 0.0954. The molecule has 2 amide bonds. The number of nitrogens with one attached hydrogen (secondary N) is 1. The highest BCUT2D eigenvalue weighted by Crippen LogP contribution is 2.47. The fourth-order valence-electron chi connectivity index (χ4n) is 10.4. The number of aryl methyl sites for hydroxylation is 1. The molecule has 67 heavy (non-hydrogen) atoms. The average Bonchev–Trinajstić information content (AvgIpc) is 3.57. The lowest BCUT2D eigenvalue weighted by molar-refractivity contribution is -0.172. The highest BCUT2D eigenvalue weighted by Gasteiger charge is 2.46. The predicted octanol–water partition coefficient (Wildman–Crippen LogP) is 6.44. The molecule has 17 heteroatoms. The van der Waals surface area contributed by atoms with E-state index in [9.17, 15) is 29.4 Å². The molecule has 0 spiro atoms. The minimum atomic E-state index is -2.04. The SMILES string of the molecule is C=C(COC(=O)NC1CCc2c(C)c(F)cc3nc4c(c1c23)Cn1c-4cc2c(c1=O)COC(=O)C2(O)CC)C(=O)N1CCN2Cc3cc(C#CC)c(-c4c(O)cccc4Cl)c(F)c3OCC2C1. The fraction of sp³-hybridized carbons (Fsp3) is 0.340. The standard InChI is InChI=1S/C50H44ClF2N5O9/c1-5-8-26-15-27-18-56-13-14-57(19-28(56)22-65-45(27)43(53)39(26)42-33(51)9-7-10-38(42)59)46(60)24(3)21-67-49(63)55-35-12-11-29-25(4)34(52)17-36-40(29)41(35)30-20-58-37(44(30)54-36)16-32-31(47(58)61)23-66-48(62)50(32,64)6-2/h7,9-10,15-17,28,35,59,64H,3,6,11-14,18-23H2,1-2,4H3,(H,55,63). The normalized spacial score (nSPS) is 20.2. The molecular formula is C50H44ClF2N5O9. The summed E-state index contributed by atoms with van der Waals surface area (Å²) >= 11 is 6.45. The topological polar surface area (TPSA) is 173 Å². The molecule has 3 aromatic carbocycles. The van der Waals surface area contributed by atoms with E-state index in [0.29, 0.717) is 82.6 Å². The number of carbonyl (C=O) groups excluding carboxylic acids is 3. The smallest absolute Gasteiger partial charge is 0.407 e. The molecule has 5 aromatic rings. The molecule has 3 N–H and O–H groups in total. The number of fused-ring (bicyclic) bond motifs is 7. The number of carbonyl (C=O) groups is 3. The van der Waals surface area contributed by atoms with Gasteiger partial charge in [-0.05, 0) is 74.1 Å². The van der Waals surface area contributed by atoms with Crippen LogP contribution in [0.4, 0.5) is 13.6 Å². The number of amides is 2. The number of hydrogen-bond acceptors (Lipinski definition) is 11. The number of rotatable bonds is 6. The van der Waals surface area contributed by atoms with E-state index >= 15 is 8.78 Å². The molecular weight excluding hydrogens is 888 g/mol. The van der Waals surface area contributed by atoms with E-state index in [2.05, 4.69) is 28.6 Å². The van der Waals surface area contributed by atoms with Crippen molar-refractivity contribution in [3.8, 4) is 45.9 Å². The third-order valence-corrected chi connectivity index (χ3v) is 14.2. The number of aromatic hydroxyl groups is 1. The van der Waals surface area contributed by atoms with Gasteiger partial charge in [-0.15, -0.1) is 5.92 Å². The van der Waals surface area contributed by atoms with Gasteiger partial charge in [0.25, 0.3) is 11.5 Å². The highest BCUT2D eigenvalue weighted by molar-refractivity contribution is 6.33. The van der Waals surface area contributed by atoms with E-state index in [-0.39, 0.29) is 83.1 Å². The summed E-state index contributed by atoms with van der Waals surface area (Å²) in [5.74, 6) is 3.15. The number of aliphatic hydroxyl groups is 1. The van der Waals surface area contributed by atoms with Crippen molar-refractivity contribution in [1.29, 1.82) is 0 Å². The van der Waals surface area contributed by atoms with Gasteiger partial charge in [0.15, 0.2) is 17.2 Å². The molecule has 6 heterocycles. The fourth-order valence-corrected chi connectivity index (χ4v) is 10.6. The largest absolute Gasteiger partial charge is 0.507 e. The van der Waals surface area contributed by atoms with Gasteiger partial charge in [-0.1, -0.05) is 37.1 Å². The van der Waals surface area contributed by atoms with Crippen molar-refractivity contribution in [2.75, 3.05) is 32.8 Å². The maximum atomic E-state index is 16.5. The number of cyclic esters (lactones) is 1. The molecule has 1 saturated heterocycles. The minimum absolute atomic E-state index is 0.0166. The molecule has 3 unspecified atom stereocenters. The number of piperazine rings is 1. The average molecular weight is 932 g/mol. The van der Waals surface area contributed by atoms with Gasteiger partial charge in [0, 0.05) is 76.6 Å². The molecule has 2 aromatic heterocycles. The van der Waals surface area contributed by atoms with Crippen LogP contribution in [0.2, 0.25) is 5.02 Å². The van der Waals surface area contributed by atoms with E-state index in [1.54, 1.807) is 49.9 Å². The number of phenolic OH excluding ortho intramolecular Hbond substituents is 1. The molecule has 0 saturated carbocycles. The summed E-state index contributed by atoms with van der Waals surface area (Å²) in [5, 5.41) is 25.8. The van der Waals surface area contributed by atoms with Crippen LogP contribution in [0.25, 0.3) is 33.4 Å². The second-order valence-corrected chi connectivity index (χ2v) is 17.9. The van der Waals surface area contributed by atoms with Crippen molar-refractivity contribution in [2.24, 2.45) is 0 Å². The van der Waals surface area contributed by atoms with Gasteiger partial charge in [-0.2, -0.15) is 0 Å². The molecule has 0 radical (unpaired) electrons. The number of alkyl carbamates (subject to hydrolysis) is 1. The first kappa shape index (κ1) is 44.1. The van der Waals surface area contributed by atoms with Crippen LogP contribution in [0.1, 0.15) is 77.2 Å². The Morgan fingerprint density at radius 2 is 1.91 bits per heavy atom. The molecule has 1 aliphatic carbocycles. The number of nitrogens with zero attached hydrogens (tertiary/aromatic N) is 4. The zero-order valence-electron chi connectivity index (χ0n) is 36.8. The summed E-state index contributed by atoms with van der Waals surface area (Å²) in [6.07, 6.45) is -0.102. The second kappa shape index (κ2) is 16.5. The van der Waals surface area contributed by atoms with Gasteiger partial charge in [0.05, 0.1) is 46.1 Å². The van der Waals surface area contributed by atoms with Crippen LogP contribution in [0, 0.1) is 30.4 Å². The van der Waals surface area contributed by atoms with Crippen molar-refractivity contribution in [2.45, 2.75) is 77.4 Å². The van der Waals surface area contributed by atoms with Crippen molar-refractivity contribution >= 4 is 40.5 Å². The zero-order chi connectivity index (χ0) is 47.2. The Hall–Kier alpha value is -6.80. The lowest BCUT2D eigenvalue weighted by atomic mass is 9.81. The Morgan fingerprint density at radius 3 is 2.67 bits per heavy atom. The van der Waals surface area contributed by atoms with Crippen LogP contribution in [-0.2, 0) is 50.8 Å². The number of benzene rings is 3. The third-order valence-electron chi connectivity index (χ3n) is 13.8. The molecule has 0 bridgehead atoms. The van der Waals surface area contributed by atoms with Crippen LogP contribution in [0.3, 0.4) is 0 Å². The Bertz CT molecular complexity index is 3160. The number of ether oxygens (including phenoxy) is 3. The van der Waals surface area contributed by atoms with E-state index in [1.165, 1.54) is 16.7 Å². The summed E-state index contributed by atoms with van der Waals surface area (Å²) in [6, 6.07) is 8.20. The Morgan fingerprint density at radius 1 is 1.10 bits per heavy atom. The molecule has 3 atom stereocenters. The van der Waals surface area contributed by atoms with Gasteiger partial charge >= 0.3 is 12.1 Å². The zero-order valence-corrected chi connectivity index (χ0v) is 37.5. The predicted molar refractivity (Wildman–Crippen MR) is 241 cm³/mol. The van der Waals surface area contributed by atoms with Gasteiger partial charge in [0.1, 0.15) is 31.4 Å². The number of halogens is 3. The first-order valence-corrected chi connectivity index (χ1v) is 22.4. The summed E-state index contributed by atoms with van der Waals surface area (Å²) < 4.78 is 50.3. The highest BCUT2D eigenvalue weighted by atomic mass is 35.5. The molecule has 10 rings (SSSR count). The van der Waals surface area contributed by atoms with E-state index in [0.717, 1.165) is 5.56 Å². The third kappa shape index (κ3) is 7.01. The number of hydrogen-bond donors (Lipinski definition) is 3. The van der Waals surface area contributed by atoms with Crippen LogP contribution >= 0.6 is 11.6 Å². The Kier molecular flexibility index (Phi) is 10.9. The second-order valence-electron chi connectivity index (χ2n) is 17.5. The minimum Gasteiger partial charge on any atom is -0.507 e. The number of esters is 1. The molecule has 344 valence electrons. The van der Waals surface area contributed by atoms with Crippen molar-refractivity contribution in [3.05, 3.63) is 120 Å². The van der Waals surface area contributed by atoms with Gasteiger partial charge in [0.2, 0.25) is 0 Å². The van der Waals surface area contributed by atoms with E-state index in [4.69, 9.17) is 30.8 Å². The van der Waals surface area contributed by atoms with Gasteiger partial charge < -0.3 is 39.2 Å². The van der Waals surface area contributed by atoms with E-state index < -0.39 is 53.4 Å². The lowest BCUT2D eigenvalue weighted by Gasteiger charge is -2.40. The van der Waals surface area contributed by atoms with Crippen molar-refractivity contribution < 1.29 is 47.6 Å². The molecule has 5 aliphatic rings. The van der Waals surface area contributed by atoms with Gasteiger partial charge in [-0.3, -0.25) is 14.5 Å². The van der Waals surface area contributed by atoms with Crippen LogP contribution in [0.5, 0.6) is 11.5 Å². The molecule has 1 fully saturated rings. The Labute approximate surface area is 387 Å². The van der Waals surface area contributed by atoms with Crippen LogP contribution < -0.4 is 15.6 Å². The number of phenols is 1. The summed E-state index contributed by atoms with van der Waals surface area (Å²) in [7, 11) is 0. The van der Waals surface area contributed by atoms with E-state index in [1.807, 2.05) is 0 Å². The van der Waals surface area contributed by atoms with Crippen molar-refractivity contribution in [3.63, 3.8) is 0 Å². The number of pyridine rings is 2. The van der Waals surface area contributed by atoms with Crippen molar-refractivity contribution in [1.82, 2.24) is 24.7 Å². The van der Waals surface area contributed by atoms with Gasteiger partial charge in [-0.25, -0.2) is 23.4 Å². The van der Waals surface area contributed by atoms with Crippen LogP contribution in [-0.4, -0.2) is 86.4 Å². The summed E-state index contributed by atoms with van der Waals surface area (Å²) in [6.45, 7) is 9.54. The summed E-state index contributed by atoms with van der Waals surface area (Å²) in [5.41, 5.74) is 2.36. The monoisotopic (exact) mass is 931 g/mol. The first-order valence-electron chi connectivity index (χ1n) is 22.0. The first-order chi connectivity index (χ1) is 32.1. The van der Waals surface area contributed by atoms with Crippen LogP contribution in [0.15, 0.2) is 53.3 Å².